The molecule has 3 rings (SSSR count). The zero-order chi connectivity index (χ0) is 16.9. The number of aromatic nitrogens is 3. The van der Waals surface area contributed by atoms with Crippen molar-refractivity contribution in [1.82, 2.24) is 15.0 Å². The Labute approximate surface area is 143 Å². The number of hydrogen-bond acceptors (Lipinski definition) is 5. The number of pyridine rings is 3. The number of carbonyl (C=O) groups excluding carboxylic acids is 1. The maximum Gasteiger partial charge on any atom is 0.275 e. The Hall–Kier alpha value is -2.99. The second kappa shape index (κ2) is 7.06. The first-order valence-corrected chi connectivity index (χ1v) is 7.47. The fourth-order valence-corrected chi connectivity index (χ4v) is 2.10. The molecule has 0 aliphatic heterocycles. The summed E-state index contributed by atoms with van der Waals surface area (Å²) in [5, 5.41) is 3.16. The van der Waals surface area contributed by atoms with Crippen LogP contribution in [0.3, 0.4) is 0 Å². The Bertz CT molecular complexity index is 854. The molecule has 0 aliphatic carbocycles. The molecule has 0 fully saturated rings. The Morgan fingerprint density at radius 2 is 2.04 bits per heavy atom. The van der Waals surface area contributed by atoms with E-state index in [1.54, 1.807) is 55.7 Å². The number of rotatable bonds is 4. The Balaban J connectivity index is 1.80. The smallest absolute Gasteiger partial charge is 0.275 e. The third-order valence-corrected chi connectivity index (χ3v) is 3.22. The fourth-order valence-electron chi connectivity index (χ4n) is 1.99. The number of amides is 1. The van der Waals surface area contributed by atoms with Gasteiger partial charge in [-0.3, -0.25) is 9.78 Å². The van der Waals surface area contributed by atoms with Crippen LogP contribution in [0.2, 0.25) is 5.02 Å². The minimum Gasteiger partial charge on any atom is -0.456 e. The number of nitrogens with one attached hydrogen (secondary N) is 1. The number of anilines is 1. The van der Waals surface area contributed by atoms with Crippen LogP contribution < -0.4 is 10.1 Å². The van der Waals surface area contributed by atoms with Gasteiger partial charge in [-0.15, -0.1) is 0 Å². The number of halogens is 1. The van der Waals surface area contributed by atoms with E-state index in [0.717, 1.165) is 0 Å². The first-order chi connectivity index (χ1) is 11.6. The summed E-state index contributed by atoms with van der Waals surface area (Å²) in [6, 6.07) is 10.1. The van der Waals surface area contributed by atoms with Gasteiger partial charge in [0.15, 0.2) is 0 Å². The van der Waals surface area contributed by atoms with E-state index >= 15 is 0 Å². The minimum absolute atomic E-state index is 0.227. The predicted molar refractivity (Wildman–Crippen MR) is 90.5 cm³/mol. The van der Waals surface area contributed by atoms with E-state index in [0.29, 0.717) is 28.0 Å². The maximum absolute atomic E-state index is 12.3. The van der Waals surface area contributed by atoms with Gasteiger partial charge in [0.2, 0.25) is 0 Å². The van der Waals surface area contributed by atoms with Crippen LogP contribution in [0.1, 0.15) is 16.2 Å². The summed E-state index contributed by atoms with van der Waals surface area (Å²) in [7, 11) is 0. The van der Waals surface area contributed by atoms with E-state index in [2.05, 4.69) is 20.3 Å². The standard InChI is InChI=1S/C17H13ClN4O2/c1-11-7-14(24-13-3-2-6-19-10-13)8-15(21-11)17(23)22-16-5-4-12(18)9-20-16/h2-10H,1H3,(H,20,22,23). The topological polar surface area (TPSA) is 77.0 Å². The van der Waals surface area contributed by atoms with Gasteiger partial charge in [0.1, 0.15) is 23.0 Å². The van der Waals surface area contributed by atoms with Gasteiger partial charge >= 0.3 is 0 Å². The van der Waals surface area contributed by atoms with E-state index < -0.39 is 0 Å². The van der Waals surface area contributed by atoms with Crippen molar-refractivity contribution in [1.29, 1.82) is 0 Å². The van der Waals surface area contributed by atoms with Crippen LogP contribution >= 0.6 is 11.6 Å². The van der Waals surface area contributed by atoms with E-state index in [1.165, 1.54) is 6.20 Å². The molecule has 6 nitrogen and oxygen atoms in total. The van der Waals surface area contributed by atoms with Crippen molar-refractivity contribution in [2.24, 2.45) is 0 Å². The summed E-state index contributed by atoms with van der Waals surface area (Å²) in [5.74, 6) is 1.09. The first kappa shape index (κ1) is 15.9. The van der Waals surface area contributed by atoms with Crippen molar-refractivity contribution in [2.75, 3.05) is 5.32 Å². The molecule has 3 heterocycles. The Kier molecular flexibility index (Phi) is 4.67. The molecule has 7 heteroatoms. The molecule has 1 N–H and O–H groups in total. The molecule has 120 valence electrons. The van der Waals surface area contributed by atoms with E-state index in [9.17, 15) is 4.79 Å². The summed E-state index contributed by atoms with van der Waals surface area (Å²) >= 11 is 5.77. The monoisotopic (exact) mass is 340 g/mol. The summed E-state index contributed by atoms with van der Waals surface area (Å²) in [6.45, 7) is 1.79. The van der Waals surface area contributed by atoms with Crippen LogP contribution in [-0.4, -0.2) is 20.9 Å². The van der Waals surface area contributed by atoms with Crippen molar-refractivity contribution in [2.45, 2.75) is 6.92 Å². The SMILES string of the molecule is Cc1cc(Oc2cccnc2)cc(C(=O)Nc2ccc(Cl)cn2)n1. The van der Waals surface area contributed by atoms with Crippen LogP contribution in [0.15, 0.2) is 55.0 Å². The zero-order valence-electron chi connectivity index (χ0n) is 12.7. The molecule has 1 amide bonds. The highest BCUT2D eigenvalue weighted by atomic mass is 35.5. The summed E-state index contributed by atoms with van der Waals surface area (Å²) in [5.41, 5.74) is 0.885. The minimum atomic E-state index is -0.385. The highest BCUT2D eigenvalue weighted by molar-refractivity contribution is 6.30. The van der Waals surface area contributed by atoms with Crippen molar-refractivity contribution in [3.05, 3.63) is 71.4 Å². The number of aryl methyl sites for hydroxylation is 1. The summed E-state index contributed by atoms with van der Waals surface area (Å²) in [6.07, 6.45) is 4.70. The quantitative estimate of drug-likeness (QED) is 0.780. The number of hydrogen-bond donors (Lipinski definition) is 1. The lowest BCUT2D eigenvalue weighted by Crippen LogP contribution is -2.15. The summed E-state index contributed by atoms with van der Waals surface area (Å²) < 4.78 is 5.70. The van der Waals surface area contributed by atoms with Crippen LogP contribution in [-0.2, 0) is 0 Å². The molecule has 0 aliphatic rings. The number of carbonyl (C=O) groups is 1. The van der Waals surface area contributed by atoms with Crippen LogP contribution in [0.5, 0.6) is 11.5 Å². The molecule has 0 bridgehead atoms. The van der Waals surface area contributed by atoms with Gasteiger partial charge in [0.05, 0.1) is 11.2 Å². The third kappa shape index (κ3) is 4.05. The lowest BCUT2D eigenvalue weighted by Gasteiger charge is -2.09. The van der Waals surface area contributed by atoms with Crippen molar-refractivity contribution in [3.63, 3.8) is 0 Å². The first-order valence-electron chi connectivity index (χ1n) is 7.09. The molecule has 0 saturated carbocycles. The largest absolute Gasteiger partial charge is 0.456 e. The van der Waals surface area contributed by atoms with E-state index in [4.69, 9.17) is 16.3 Å². The Morgan fingerprint density at radius 3 is 2.75 bits per heavy atom. The van der Waals surface area contributed by atoms with E-state index in [-0.39, 0.29) is 11.6 Å². The Morgan fingerprint density at radius 1 is 1.17 bits per heavy atom. The fraction of sp³-hybridized carbons (Fsp3) is 0.0588. The molecular weight excluding hydrogens is 328 g/mol. The highest BCUT2D eigenvalue weighted by Gasteiger charge is 2.12. The van der Waals surface area contributed by atoms with Gasteiger partial charge in [-0.2, -0.15) is 0 Å². The van der Waals surface area contributed by atoms with Crippen molar-refractivity contribution >= 4 is 23.3 Å². The zero-order valence-corrected chi connectivity index (χ0v) is 13.5. The summed E-state index contributed by atoms with van der Waals surface area (Å²) in [4.78, 5) is 24.6. The molecule has 3 aromatic heterocycles. The van der Waals surface area contributed by atoms with Crippen LogP contribution in [0.4, 0.5) is 5.82 Å². The predicted octanol–water partition coefficient (Wildman–Crippen LogP) is 3.88. The number of ether oxygens (including phenoxy) is 1. The average Bonchev–Trinajstić information content (AvgIpc) is 2.57. The van der Waals surface area contributed by atoms with Crippen molar-refractivity contribution < 1.29 is 9.53 Å². The molecule has 0 aromatic carbocycles. The normalized spacial score (nSPS) is 10.2. The van der Waals surface area contributed by atoms with Gasteiger partial charge < -0.3 is 10.1 Å². The molecule has 0 unspecified atom stereocenters. The molecule has 0 atom stereocenters. The lowest BCUT2D eigenvalue weighted by molar-refractivity contribution is 0.102. The molecular formula is C17H13ClN4O2. The van der Waals surface area contributed by atoms with Crippen LogP contribution in [0.25, 0.3) is 0 Å². The maximum atomic E-state index is 12.3. The molecule has 0 radical (unpaired) electrons. The van der Waals surface area contributed by atoms with Gasteiger partial charge in [-0.1, -0.05) is 11.6 Å². The second-order valence-electron chi connectivity index (χ2n) is 4.94. The third-order valence-electron chi connectivity index (χ3n) is 3.00. The highest BCUT2D eigenvalue weighted by Crippen LogP contribution is 2.22. The van der Waals surface area contributed by atoms with E-state index in [1.807, 2.05) is 0 Å². The molecule has 24 heavy (non-hydrogen) atoms. The molecule has 0 spiro atoms. The van der Waals surface area contributed by atoms with Gasteiger partial charge in [0, 0.05) is 30.2 Å². The number of nitrogens with zero attached hydrogens (tertiary/aromatic N) is 3. The second-order valence-corrected chi connectivity index (χ2v) is 5.37. The van der Waals surface area contributed by atoms with Gasteiger partial charge in [-0.05, 0) is 31.2 Å². The average molecular weight is 341 g/mol. The van der Waals surface area contributed by atoms with Gasteiger partial charge in [-0.25, -0.2) is 9.97 Å². The van der Waals surface area contributed by atoms with Gasteiger partial charge in [0.25, 0.3) is 5.91 Å². The molecule has 0 saturated heterocycles. The lowest BCUT2D eigenvalue weighted by atomic mass is 10.2. The van der Waals surface area contributed by atoms with Crippen molar-refractivity contribution in [3.8, 4) is 11.5 Å². The molecule has 3 aromatic rings. The van der Waals surface area contributed by atoms with Crippen LogP contribution in [0, 0.1) is 6.92 Å².